The molecule has 0 saturated heterocycles. The van der Waals surface area contributed by atoms with Crippen LogP contribution in [-0.2, 0) is 9.59 Å². The molecule has 0 saturated carbocycles. The van der Waals surface area contributed by atoms with E-state index in [1.54, 1.807) is 30.9 Å². The van der Waals surface area contributed by atoms with Crippen LogP contribution in [0.4, 0.5) is 20.2 Å². The zero-order chi connectivity index (χ0) is 21.6. The fourth-order valence-electron chi connectivity index (χ4n) is 4.42. The van der Waals surface area contributed by atoms with Crippen LogP contribution in [0, 0.1) is 29.4 Å². The van der Waals surface area contributed by atoms with E-state index in [4.69, 9.17) is 0 Å². The van der Waals surface area contributed by atoms with Crippen molar-refractivity contribution in [2.45, 2.75) is 33.2 Å². The first-order valence-corrected chi connectivity index (χ1v) is 10.2. The molecule has 2 aliphatic rings. The van der Waals surface area contributed by atoms with E-state index < -0.39 is 23.6 Å². The third-order valence-electron chi connectivity index (χ3n) is 5.66. The molecule has 6 heteroatoms. The lowest BCUT2D eigenvalue weighted by Gasteiger charge is -2.38. The van der Waals surface area contributed by atoms with E-state index in [2.05, 4.69) is 5.32 Å². The maximum Gasteiger partial charge on any atom is 0.230 e. The van der Waals surface area contributed by atoms with E-state index >= 15 is 0 Å². The zero-order valence-electron chi connectivity index (χ0n) is 17.2. The maximum absolute atomic E-state index is 14.2. The highest BCUT2D eigenvalue weighted by atomic mass is 19.1. The zero-order valence-corrected chi connectivity index (χ0v) is 17.2. The van der Waals surface area contributed by atoms with Gasteiger partial charge in [-0.25, -0.2) is 8.78 Å². The molecule has 0 radical (unpaired) electrons. The number of halogens is 2. The highest BCUT2D eigenvalue weighted by Crippen LogP contribution is 2.47. The van der Waals surface area contributed by atoms with Crippen molar-refractivity contribution in [3.63, 3.8) is 0 Å². The normalized spacial score (nSPS) is 23.3. The van der Waals surface area contributed by atoms with Crippen molar-refractivity contribution < 1.29 is 18.4 Å². The van der Waals surface area contributed by atoms with Gasteiger partial charge in [0.15, 0.2) is 0 Å². The molecule has 2 aromatic rings. The van der Waals surface area contributed by atoms with Gasteiger partial charge in [0.1, 0.15) is 17.4 Å². The van der Waals surface area contributed by atoms with Gasteiger partial charge in [0, 0.05) is 24.1 Å². The first-order valence-electron chi connectivity index (χ1n) is 10.2. The summed E-state index contributed by atoms with van der Waals surface area (Å²) in [6.07, 6.45) is 2.29. The van der Waals surface area contributed by atoms with E-state index in [0.29, 0.717) is 23.5 Å². The number of fused-ring (bicyclic) bond motifs is 2. The van der Waals surface area contributed by atoms with Gasteiger partial charge in [0.25, 0.3) is 0 Å². The second-order valence-corrected chi connectivity index (χ2v) is 8.40. The number of nitrogens with one attached hydrogen (secondary N) is 1. The first-order chi connectivity index (χ1) is 14.3. The van der Waals surface area contributed by atoms with Crippen LogP contribution in [0.5, 0.6) is 0 Å². The first kappa shape index (κ1) is 20.3. The number of carbonyl (C=O) groups is 2. The highest BCUT2D eigenvalue weighted by Gasteiger charge is 2.44. The third-order valence-corrected chi connectivity index (χ3v) is 5.66. The minimum Gasteiger partial charge on any atom is -0.357 e. The van der Waals surface area contributed by atoms with Gasteiger partial charge in [0.2, 0.25) is 5.91 Å². The molecular formula is C24H24F2N2O2. The number of allylic oxidation sites excluding steroid dienone is 1. The van der Waals surface area contributed by atoms with Crippen molar-refractivity contribution in [2.75, 3.05) is 10.2 Å². The molecular weight excluding hydrogens is 386 g/mol. The number of amides is 1. The van der Waals surface area contributed by atoms with Crippen LogP contribution in [0.1, 0.15) is 38.8 Å². The number of hydrogen-bond acceptors (Lipinski definition) is 3. The van der Waals surface area contributed by atoms with Gasteiger partial charge in [-0.05, 0) is 35.7 Å². The van der Waals surface area contributed by atoms with Crippen LogP contribution in [-0.4, -0.2) is 11.7 Å². The fourth-order valence-corrected chi connectivity index (χ4v) is 4.42. The lowest BCUT2D eigenvalue weighted by Crippen LogP contribution is -2.44. The summed E-state index contributed by atoms with van der Waals surface area (Å²) >= 11 is 0. The molecule has 0 bridgehead atoms. The van der Waals surface area contributed by atoms with E-state index in [1.165, 1.54) is 12.1 Å². The Hall–Kier alpha value is -3.02. The summed E-state index contributed by atoms with van der Waals surface area (Å²) in [5.74, 6) is -2.84. The van der Waals surface area contributed by atoms with E-state index in [1.807, 2.05) is 25.1 Å². The van der Waals surface area contributed by atoms with Crippen molar-refractivity contribution in [3.05, 3.63) is 71.4 Å². The maximum atomic E-state index is 14.2. The molecule has 4 nitrogen and oxygen atoms in total. The molecule has 1 aliphatic carbocycles. The number of carbonyl (C=O) groups excluding carboxylic acids is 2. The van der Waals surface area contributed by atoms with Crippen molar-refractivity contribution in [1.29, 1.82) is 0 Å². The molecule has 4 rings (SSSR count). The number of anilines is 2. The molecule has 1 heterocycles. The monoisotopic (exact) mass is 410 g/mol. The van der Waals surface area contributed by atoms with Gasteiger partial charge in [-0.15, -0.1) is 0 Å². The predicted octanol–water partition coefficient (Wildman–Crippen LogP) is 5.23. The van der Waals surface area contributed by atoms with E-state index in [0.717, 1.165) is 6.07 Å². The molecule has 1 aliphatic heterocycles. The number of benzene rings is 2. The van der Waals surface area contributed by atoms with Crippen molar-refractivity contribution >= 4 is 23.1 Å². The van der Waals surface area contributed by atoms with Crippen LogP contribution in [0.25, 0.3) is 0 Å². The summed E-state index contributed by atoms with van der Waals surface area (Å²) in [6, 6.07) is 9.64. The summed E-state index contributed by atoms with van der Waals surface area (Å²) in [7, 11) is 0. The Balaban J connectivity index is 2.02. The molecule has 0 spiro atoms. The molecule has 0 unspecified atom stereocenters. The largest absolute Gasteiger partial charge is 0.357 e. The van der Waals surface area contributed by atoms with Crippen molar-refractivity contribution in [3.8, 4) is 0 Å². The van der Waals surface area contributed by atoms with Gasteiger partial charge >= 0.3 is 0 Å². The number of nitrogens with zero attached hydrogens (tertiary/aromatic N) is 1. The Labute approximate surface area is 174 Å². The highest BCUT2D eigenvalue weighted by molar-refractivity contribution is 6.01. The number of Topliss-reactive ketones (excluding diaryl/α,β-unsaturated/α-hetero) is 1. The number of para-hydroxylation sites is 2. The summed E-state index contributed by atoms with van der Waals surface area (Å²) in [6.45, 7) is 5.50. The molecule has 3 atom stereocenters. The average molecular weight is 410 g/mol. The summed E-state index contributed by atoms with van der Waals surface area (Å²) < 4.78 is 28.4. The predicted molar refractivity (Wildman–Crippen MR) is 112 cm³/mol. The number of rotatable bonds is 2. The molecule has 1 N–H and O–H groups in total. The van der Waals surface area contributed by atoms with Crippen LogP contribution in [0.2, 0.25) is 0 Å². The molecule has 0 aromatic heterocycles. The SMILES string of the molecule is CC(C)C(=O)N1c2ccccc2NC2=C[C@@H](C)CC(=O)[C@@H]2[C@@H]1c1cc(F)cc(F)c1. The average Bonchev–Trinajstić information content (AvgIpc) is 2.80. The minimum absolute atomic E-state index is 0.0284. The smallest absolute Gasteiger partial charge is 0.230 e. The quantitative estimate of drug-likeness (QED) is 0.738. The lowest BCUT2D eigenvalue weighted by molar-refractivity contribution is -0.125. The standard InChI is InChI=1S/C24H24F2N2O2/c1-13(2)24(30)28-20-7-5-4-6-18(20)27-19-8-14(3)9-21(29)22(19)23(28)15-10-16(25)12-17(26)11-15/h4-8,10-14,22-23,27H,9H2,1-3H3/t14-,22-,23+/m1/s1. The third kappa shape index (κ3) is 3.51. The topological polar surface area (TPSA) is 49.4 Å². The lowest BCUT2D eigenvalue weighted by atomic mass is 9.78. The van der Waals surface area contributed by atoms with E-state index in [-0.39, 0.29) is 29.1 Å². The summed E-state index contributed by atoms with van der Waals surface area (Å²) in [5.41, 5.74) is 2.20. The van der Waals surface area contributed by atoms with Gasteiger partial charge in [0.05, 0.1) is 23.3 Å². The second kappa shape index (κ2) is 7.67. The number of ketones is 1. The van der Waals surface area contributed by atoms with Crippen LogP contribution < -0.4 is 10.2 Å². The fraction of sp³-hybridized carbons (Fsp3) is 0.333. The summed E-state index contributed by atoms with van der Waals surface area (Å²) in [4.78, 5) is 28.2. The van der Waals surface area contributed by atoms with Crippen molar-refractivity contribution in [2.24, 2.45) is 17.8 Å². The van der Waals surface area contributed by atoms with Gasteiger partial charge in [-0.2, -0.15) is 0 Å². The van der Waals surface area contributed by atoms with Crippen molar-refractivity contribution in [1.82, 2.24) is 0 Å². The van der Waals surface area contributed by atoms with Crippen LogP contribution >= 0.6 is 0 Å². The molecule has 1 amide bonds. The van der Waals surface area contributed by atoms with Crippen LogP contribution in [0.15, 0.2) is 54.2 Å². The Morgan fingerprint density at radius 3 is 2.47 bits per heavy atom. The Morgan fingerprint density at radius 1 is 1.13 bits per heavy atom. The van der Waals surface area contributed by atoms with Gasteiger partial charge < -0.3 is 10.2 Å². The van der Waals surface area contributed by atoms with Gasteiger partial charge in [-0.3, -0.25) is 9.59 Å². The van der Waals surface area contributed by atoms with E-state index in [9.17, 15) is 18.4 Å². The van der Waals surface area contributed by atoms with Gasteiger partial charge in [-0.1, -0.05) is 39.0 Å². The van der Waals surface area contributed by atoms with Crippen LogP contribution in [0.3, 0.4) is 0 Å². The second-order valence-electron chi connectivity index (χ2n) is 8.40. The molecule has 0 fully saturated rings. The molecule has 2 aromatic carbocycles. The number of hydrogen-bond donors (Lipinski definition) is 1. The summed E-state index contributed by atoms with van der Waals surface area (Å²) in [5, 5.41) is 3.33. The minimum atomic E-state index is -0.854. The molecule has 156 valence electrons. The molecule has 30 heavy (non-hydrogen) atoms. The Kier molecular flexibility index (Phi) is 5.18. The Morgan fingerprint density at radius 2 is 1.80 bits per heavy atom. The Bertz CT molecular complexity index is 1030.